The summed E-state index contributed by atoms with van der Waals surface area (Å²) in [7, 11) is 0. The molecule has 1 aromatic carbocycles. The van der Waals surface area contributed by atoms with Crippen molar-refractivity contribution in [3.05, 3.63) is 40.7 Å². The Labute approximate surface area is 118 Å². The van der Waals surface area contributed by atoms with Crippen molar-refractivity contribution in [2.75, 3.05) is 5.75 Å². The Morgan fingerprint density at radius 1 is 1.35 bits per heavy atom. The first-order valence-electron chi connectivity index (χ1n) is 5.90. The number of hydrogen-bond acceptors (Lipinski definition) is 5. The summed E-state index contributed by atoms with van der Waals surface area (Å²) < 4.78 is 6.11. The summed E-state index contributed by atoms with van der Waals surface area (Å²) in [6, 6.07) is 8.93. The van der Waals surface area contributed by atoms with Crippen LogP contribution in [0, 0.1) is 0 Å². The molecular weight excluding hydrogens is 280 g/mol. The van der Waals surface area contributed by atoms with Gasteiger partial charge in [-0.05, 0) is 0 Å². The van der Waals surface area contributed by atoms with E-state index in [0.717, 1.165) is 5.75 Å². The third-order valence-electron chi connectivity index (χ3n) is 2.88. The highest BCUT2D eigenvalue weighted by Gasteiger charge is 2.24. The fraction of sp³-hybridized carbons (Fsp3) is 0.154. The highest BCUT2D eigenvalue weighted by molar-refractivity contribution is 7.99. The molecule has 0 amide bonds. The number of thioether (sulfide) groups is 1. The molecule has 20 heavy (non-hydrogen) atoms. The van der Waals surface area contributed by atoms with Gasteiger partial charge in [0, 0.05) is 17.9 Å². The fourth-order valence-corrected chi connectivity index (χ4v) is 2.97. The van der Waals surface area contributed by atoms with Gasteiger partial charge in [-0.25, -0.2) is 9.78 Å². The van der Waals surface area contributed by atoms with Gasteiger partial charge >= 0.3 is 6.16 Å². The Morgan fingerprint density at radius 2 is 2.10 bits per heavy atom. The zero-order valence-corrected chi connectivity index (χ0v) is 11.1. The molecule has 0 saturated carbocycles. The van der Waals surface area contributed by atoms with Crippen molar-refractivity contribution < 1.29 is 14.6 Å². The van der Waals surface area contributed by atoms with Crippen LogP contribution in [0.15, 0.2) is 40.3 Å². The molecule has 0 saturated heterocycles. The Balaban J connectivity index is 2.25. The van der Waals surface area contributed by atoms with Crippen LogP contribution < -0.4 is 10.3 Å². The van der Waals surface area contributed by atoms with E-state index in [-0.39, 0.29) is 11.4 Å². The number of fused-ring (bicyclic) bond motifs is 1. The number of ether oxygens (including phenoxy) is 1. The van der Waals surface area contributed by atoms with E-state index in [1.807, 2.05) is 6.07 Å². The molecule has 102 valence electrons. The molecule has 1 aliphatic rings. The molecule has 1 aromatic heterocycles. The maximum Gasteiger partial charge on any atom is 0.511 e. The molecular formula is C13H10N2O4S. The summed E-state index contributed by atoms with van der Waals surface area (Å²) in [5.41, 5.74) is 0.455. The zero-order valence-electron chi connectivity index (χ0n) is 10.3. The lowest BCUT2D eigenvalue weighted by atomic mass is 10.1. The average molecular weight is 290 g/mol. The first kappa shape index (κ1) is 12.7. The average Bonchev–Trinajstić information content (AvgIpc) is 2.91. The molecule has 0 bridgehead atoms. The second kappa shape index (κ2) is 5.01. The predicted molar refractivity (Wildman–Crippen MR) is 73.3 cm³/mol. The van der Waals surface area contributed by atoms with Crippen LogP contribution in [-0.4, -0.2) is 26.6 Å². The van der Waals surface area contributed by atoms with Gasteiger partial charge < -0.3 is 9.84 Å². The third-order valence-corrected chi connectivity index (χ3v) is 3.83. The molecule has 2 heterocycles. The van der Waals surface area contributed by atoms with Gasteiger partial charge in [0.15, 0.2) is 5.16 Å². The van der Waals surface area contributed by atoms with Gasteiger partial charge in [0.2, 0.25) is 5.75 Å². The SMILES string of the molecule is O=C(O)Oc1c(-c2ccccc2)nc2n(c1=O)CCS2. The van der Waals surface area contributed by atoms with E-state index < -0.39 is 11.7 Å². The third kappa shape index (κ3) is 2.16. The molecule has 0 fully saturated rings. The molecule has 0 radical (unpaired) electrons. The Kier molecular flexibility index (Phi) is 3.19. The van der Waals surface area contributed by atoms with Crippen LogP contribution in [0.4, 0.5) is 4.79 Å². The number of aromatic nitrogens is 2. The second-order valence-electron chi connectivity index (χ2n) is 4.11. The number of rotatable bonds is 2. The number of hydrogen-bond donors (Lipinski definition) is 1. The van der Waals surface area contributed by atoms with Crippen molar-refractivity contribution in [2.45, 2.75) is 11.7 Å². The lowest BCUT2D eigenvalue weighted by Crippen LogP contribution is -2.24. The molecule has 1 N–H and O–H groups in total. The van der Waals surface area contributed by atoms with Crippen molar-refractivity contribution in [2.24, 2.45) is 0 Å². The minimum atomic E-state index is -1.52. The lowest BCUT2D eigenvalue weighted by molar-refractivity contribution is 0.143. The summed E-state index contributed by atoms with van der Waals surface area (Å²) in [5, 5.41) is 9.40. The molecule has 2 aromatic rings. The van der Waals surface area contributed by atoms with E-state index in [1.165, 1.54) is 16.3 Å². The van der Waals surface area contributed by atoms with Gasteiger partial charge in [-0.2, -0.15) is 0 Å². The fourth-order valence-electron chi connectivity index (χ4n) is 2.02. The van der Waals surface area contributed by atoms with E-state index in [1.54, 1.807) is 24.3 Å². The summed E-state index contributed by atoms with van der Waals surface area (Å²) >= 11 is 1.47. The smallest absolute Gasteiger partial charge is 0.449 e. The maximum atomic E-state index is 12.3. The van der Waals surface area contributed by atoms with Crippen LogP contribution in [0.3, 0.4) is 0 Å². The van der Waals surface area contributed by atoms with Crippen molar-refractivity contribution in [3.8, 4) is 17.0 Å². The lowest BCUT2D eigenvalue weighted by Gasteiger charge is -2.10. The van der Waals surface area contributed by atoms with E-state index in [0.29, 0.717) is 17.3 Å². The minimum absolute atomic E-state index is 0.241. The van der Waals surface area contributed by atoms with Gasteiger partial charge in [-0.1, -0.05) is 42.1 Å². The van der Waals surface area contributed by atoms with Gasteiger partial charge in [0.1, 0.15) is 5.69 Å². The van der Waals surface area contributed by atoms with E-state index in [2.05, 4.69) is 9.72 Å². The summed E-state index contributed by atoms with van der Waals surface area (Å²) in [5.74, 6) is 0.502. The first-order chi connectivity index (χ1) is 9.66. The number of carboxylic acid groups (broad SMARTS) is 1. The van der Waals surface area contributed by atoms with Gasteiger partial charge in [0.25, 0.3) is 5.56 Å². The minimum Gasteiger partial charge on any atom is -0.449 e. The summed E-state index contributed by atoms with van der Waals surface area (Å²) in [6.07, 6.45) is -1.52. The van der Waals surface area contributed by atoms with Crippen molar-refractivity contribution >= 4 is 17.9 Å². The largest absolute Gasteiger partial charge is 0.511 e. The zero-order chi connectivity index (χ0) is 14.1. The molecule has 0 aliphatic carbocycles. The summed E-state index contributed by atoms with van der Waals surface area (Å²) in [4.78, 5) is 27.5. The molecule has 3 rings (SSSR count). The molecule has 0 atom stereocenters. The number of carbonyl (C=O) groups is 1. The molecule has 0 spiro atoms. The van der Waals surface area contributed by atoms with Crippen LogP contribution in [-0.2, 0) is 6.54 Å². The van der Waals surface area contributed by atoms with Crippen LogP contribution in [0.1, 0.15) is 0 Å². The Hall–Kier alpha value is -2.28. The highest BCUT2D eigenvalue weighted by atomic mass is 32.2. The van der Waals surface area contributed by atoms with E-state index >= 15 is 0 Å². The monoisotopic (exact) mass is 290 g/mol. The van der Waals surface area contributed by atoms with Crippen LogP contribution >= 0.6 is 11.8 Å². The maximum absolute atomic E-state index is 12.3. The predicted octanol–water partition coefficient (Wildman–Crippen LogP) is 2.07. The molecule has 7 heteroatoms. The normalized spacial score (nSPS) is 13.0. The van der Waals surface area contributed by atoms with Crippen molar-refractivity contribution in [3.63, 3.8) is 0 Å². The highest BCUT2D eigenvalue weighted by Crippen LogP contribution is 2.30. The van der Waals surface area contributed by atoms with Crippen molar-refractivity contribution in [1.82, 2.24) is 9.55 Å². The second-order valence-corrected chi connectivity index (χ2v) is 5.17. The standard InChI is InChI=1S/C13H10N2O4S/c16-11-10(19-13(17)18)9(8-4-2-1-3-5-8)14-12-15(11)6-7-20-12/h1-5H,6-7H2,(H,17,18). The summed E-state index contributed by atoms with van der Waals surface area (Å²) in [6.45, 7) is 0.511. The Morgan fingerprint density at radius 3 is 2.80 bits per heavy atom. The van der Waals surface area contributed by atoms with Gasteiger partial charge in [-0.3, -0.25) is 9.36 Å². The number of benzene rings is 1. The van der Waals surface area contributed by atoms with Gasteiger partial charge in [-0.15, -0.1) is 0 Å². The number of nitrogens with zero attached hydrogens (tertiary/aromatic N) is 2. The van der Waals surface area contributed by atoms with Gasteiger partial charge in [0.05, 0.1) is 0 Å². The molecule has 6 nitrogen and oxygen atoms in total. The molecule has 0 unspecified atom stereocenters. The Bertz CT molecular complexity index is 727. The first-order valence-corrected chi connectivity index (χ1v) is 6.89. The van der Waals surface area contributed by atoms with Crippen molar-refractivity contribution in [1.29, 1.82) is 0 Å². The quantitative estimate of drug-likeness (QED) is 0.673. The van der Waals surface area contributed by atoms with E-state index in [9.17, 15) is 9.59 Å². The van der Waals surface area contributed by atoms with Crippen LogP contribution in [0.25, 0.3) is 11.3 Å². The van der Waals surface area contributed by atoms with Crippen LogP contribution in [0.2, 0.25) is 0 Å². The van der Waals surface area contributed by atoms with E-state index in [4.69, 9.17) is 5.11 Å². The topological polar surface area (TPSA) is 81.4 Å². The molecule has 1 aliphatic heterocycles. The van der Waals surface area contributed by atoms with Crippen LogP contribution in [0.5, 0.6) is 5.75 Å².